The van der Waals surface area contributed by atoms with Crippen LogP contribution in [0, 0.1) is 0 Å². The molecule has 8 aromatic carbocycles. The molecule has 0 aliphatic heterocycles. The Hall–Kier alpha value is -8.55. The standard InChI is InChI=1S/C55H35N7/c1-4-18-36(19-5-1)53-56-54(58-55(57-53)62-45-28-14-10-24-41(45)42-25-11-15-29-46(42)62)37-32-34-40(35-33-37)61-49-43-26-12-16-30-47(43)59(38-20-6-2-7-21-38)51(49)52-50(61)44-27-13-17-31-48(44)60(52)39-22-8-3-9-23-39/h1-35H. The van der Waals surface area contributed by atoms with E-state index in [0.717, 1.165) is 83.1 Å². The molecule has 7 heteroatoms. The molecule has 0 fully saturated rings. The van der Waals surface area contributed by atoms with E-state index in [1.807, 2.05) is 18.2 Å². The third-order valence-electron chi connectivity index (χ3n) is 12.2. The summed E-state index contributed by atoms with van der Waals surface area (Å²) in [4.78, 5) is 15.5. The summed E-state index contributed by atoms with van der Waals surface area (Å²) in [7, 11) is 0. The van der Waals surface area contributed by atoms with Crippen LogP contribution in [0.5, 0.6) is 0 Å². The number of hydrogen-bond donors (Lipinski definition) is 0. The summed E-state index contributed by atoms with van der Waals surface area (Å²) >= 11 is 0. The Morgan fingerprint density at radius 2 is 0.597 bits per heavy atom. The van der Waals surface area contributed by atoms with Gasteiger partial charge in [0.25, 0.3) is 0 Å². The van der Waals surface area contributed by atoms with Crippen LogP contribution in [0.4, 0.5) is 0 Å². The molecule has 0 radical (unpaired) electrons. The van der Waals surface area contributed by atoms with Crippen molar-refractivity contribution in [3.05, 3.63) is 212 Å². The fourth-order valence-electron chi connectivity index (χ4n) is 9.60. The minimum Gasteiger partial charge on any atom is -0.306 e. The Kier molecular flexibility index (Phi) is 7.47. The highest BCUT2D eigenvalue weighted by Crippen LogP contribution is 2.45. The fourth-order valence-corrected chi connectivity index (χ4v) is 9.60. The van der Waals surface area contributed by atoms with Crippen LogP contribution < -0.4 is 0 Å². The summed E-state index contributed by atoms with van der Waals surface area (Å²) < 4.78 is 9.49. The van der Waals surface area contributed by atoms with Crippen LogP contribution in [-0.4, -0.2) is 33.2 Å². The molecule has 7 nitrogen and oxygen atoms in total. The maximum atomic E-state index is 5.25. The third-order valence-corrected chi connectivity index (χ3v) is 12.2. The Morgan fingerprint density at radius 1 is 0.242 bits per heavy atom. The molecule has 0 saturated heterocycles. The van der Waals surface area contributed by atoms with E-state index in [0.29, 0.717) is 17.6 Å². The summed E-state index contributed by atoms with van der Waals surface area (Å²) in [5.74, 6) is 1.80. The molecular formula is C55H35N7. The van der Waals surface area contributed by atoms with Gasteiger partial charge in [-0.25, -0.2) is 4.98 Å². The normalized spacial score (nSPS) is 11.9. The van der Waals surface area contributed by atoms with Gasteiger partial charge in [-0.05, 0) is 72.8 Å². The molecule has 0 unspecified atom stereocenters. The number of rotatable bonds is 6. The third kappa shape index (κ3) is 5.02. The first kappa shape index (κ1) is 34.3. The number of hydrogen-bond acceptors (Lipinski definition) is 3. The Balaban J connectivity index is 1.08. The van der Waals surface area contributed by atoms with Gasteiger partial charge in [0.15, 0.2) is 11.6 Å². The summed E-state index contributed by atoms with van der Waals surface area (Å²) in [6.45, 7) is 0. The lowest BCUT2D eigenvalue weighted by molar-refractivity contribution is 0.953. The van der Waals surface area contributed by atoms with Crippen molar-refractivity contribution in [2.45, 2.75) is 0 Å². The largest absolute Gasteiger partial charge is 0.306 e. The lowest BCUT2D eigenvalue weighted by Gasteiger charge is -2.12. The van der Waals surface area contributed by atoms with E-state index < -0.39 is 0 Å². The van der Waals surface area contributed by atoms with Crippen molar-refractivity contribution in [2.24, 2.45) is 0 Å². The number of benzene rings is 8. The van der Waals surface area contributed by atoms with E-state index in [9.17, 15) is 0 Å². The predicted octanol–water partition coefficient (Wildman–Crippen LogP) is 13.3. The average molecular weight is 794 g/mol. The molecule has 13 rings (SSSR count). The van der Waals surface area contributed by atoms with Crippen molar-refractivity contribution >= 4 is 65.7 Å². The summed E-state index contributed by atoms with van der Waals surface area (Å²) in [5, 5.41) is 4.66. The van der Waals surface area contributed by atoms with Crippen molar-refractivity contribution in [2.75, 3.05) is 0 Å². The van der Waals surface area contributed by atoms with Gasteiger partial charge in [-0.3, -0.25) is 4.57 Å². The van der Waals surface area contributed by atoms with Gasteiger partial charge in [0, 0.05) is 49.7 Å². The van der Waals surface area contributed by atoms with Crippen molar-refractivity contribution < 1.29 is 0 Å². The van der Waals surface area contributed by atoms with E-state index in [4.69, 9.17) is 15.0 Å². The van der Waals surface area contributed by atoms with Gasteiger partial charge in [-0.2, -0.15) is 9.97 Å². The number of fused-ring (bicyclic) bond motifs is 10. The van der Waals surface area contributed by atoms with Gasteiger partial charge in [0.1, 0.15) is 0 Å². The highest BCUT2D eigenvalue weighted by Gasteiger charge is 2.28. The van der Waals surface area contributed by atoms with Gasteiger partial charge in [0.05, 0.1) is 44.1 Å². The molecule has 0 amide bonds. The van der Waals surface area contributed by atoms with E-state index >= 15 is 0 Å². The van der Waals surface area contributed by atoms with Crippen LogP contribution >= 0.6 is 0 Å². The number of para-hydroxylation sites is 6. The summed E-state index contributed by atoms with van der Waals surface area (Å²) in [5.41, 5.74) is 14.1. The smallest absolute Gasteiger partial charge is 0.238 e. The van der Waals surface area contributed by atoms with Crippen LogP contribution in [0.15, 0.2) is 212 Å². The number of nitrogens with zero attached hydrogens (tertiary/aromatic N) is 7. The molecule has 0 spiro atoms. The molecule has 0 N–H and O–H groups in total. The molecule has 13 aromatic rings. The highest BCUT2D eigenvalue weighted by atomic mass is 15.2. The second kappa shape index (κ2) is 13.5. The van der Waals surface area contributed by atoms with Crippen LogP contribution in [0.2, 0.25) is 0 Å². The van der Waals surface area contributed by atoms with Crippen molar-refractivity contribution in [3.8, 4) is 45.8 Å². The van der Waals surface area contributed by atoms with Crippen molar-refractivity contribution in [3.63, 3.8) is 0 Å². The minimum absolute atomic E-state index is 0.576. The van der Waals surface area contributed by atoms with E-state index in [1.165, 1.54) is 10.8 Å². The zero-order valence-corrected chi connectivity index (χ0v) is 33.3. The zero-order valence-electron chi connectivity index (χ0n) is 33.3. The Morgan fingerprint density at radius 3 is 1.06 bits per heavy atom. The molecule has 0 aliphatic carbocycles. The first-order valence-electron chi connectivity index (χ1n) is 20.9. The maximum Gasteiger partial charge on any atom is 0.238 e. The van der Waals surface area contributed by atoms with E-state index in [-0.39, 0.29) is 0 Å². The van der Waals surface area contributed by atoms with Crippen molar-refractivity contribution in [1.82, 2.24) is 33.2 Å². The van der Waals surface area contributed by atoms with E-state index in [1.54, 1.807) is 0 Å². The van der Waals surface area contributed by atoms with Crippen LogP contribution in [-0.2, 0) is 0 Å². The fraction of sp³-hybridized carbons (Fsp3) is 0. The molecule has 290 valence electrons. The lowest BCUT2D eigenvalue weighted by Crippen LogP contribution is -2.06. The predicted molar refractivity (Wildman–Crippen MR) is 253 cm³/mol. The van der Waals surface area contributed by atoms with Gasteiger partial charge in [-0.15, -0.1) is 0 Å². The molecule has 0 atom stereocenters. The van der Waals surface area contributed by atoms with Crippen molar-refractivity contribution in [1.29, 1.82) is 0 Å². The Bertz CT molecular complexity index is 3650. The topological polar surface area (TPSA) is 58.4 Å². The number of aromatic nitrogens is 7. The molecule has 0 aliphatic rings. The zero-order chi connectivity index (χ0) is 40.7. The van der Waals surface area contributed by atoms with Crippen LogP contribution in [0.25, 0.3) is 111 Å². The second-order valence-corrected chi connectivity index (χ2v) is 15.7. The van der Waals surface area contributed by atoms with Gasteiger partial charge in [-0.1, -0.05) is 140 Å². The minimum atomic E-state index is 0.576. The molecule has 5 aromatic heterocycles. The monoisotopic (exact) mass is 793 g/mol. The first-order valence-corrected chi connectivity index (χ1v) is 20.9. The van der Waals surface area contributed by atoms with Gasteiger partial charge in [0.2, 0.25) is 5.95 Å². The summed E-state index contributed by atoms with van der Waals surface area (Å²) in [6, 6.07) is 74.8. The summed E-state index contributed by atoms with van der Waals surface area (Å²) in [6.07, 6.45) is 0. The lowest BCUT2D eigenvalue weighted by atomic mass is 10.1. The molecule has 62 heavy (non-hydrogen) atoms. The van der Waals surface area contributed by atoms with Gasteiger partial charge < -0.3 is 13.7 Å². The molecule has 0 saturated carbocycles. The molecule has 5 heterocycles. The van der Waals surface area contributed by atoms with Crippen LogP contribution in [0.3, 0.4) is 0 Å². The first-order chi connectivity index (χ1) is 30.8. The maximum absolute atomic E-state index is 5.25. The SMILES string of the molecule is c1ccc(-c2nc(-c3ccc(-n4c5c6ccccc6n(-c6ccccc6)c5c5c4c4ccccc4n5-c4ccccc4)cc3)nc(-n3c4ccccc4c4ccccc43)n2)cc1. The second-order valence-electron chi connectivity index (χ2n) is 15.7. The molecular weight excluding hydrogens is 759 g/mol. The Labute approximate surface area is 355 Å². The van der Waals surface area contributed by atoms with Crippen LogP contribution in [0.1, 0.15) is 0 Å². The van der Waals surface area contributed by atoms with Gasteiger partial charge >= 0.3 is 0 Å². The highest BCUT2D eigenvalue weighted by molar-refractivity contribution is 6.25. The van der Waals surface area contributed by atoms with E-state index in [2.05, 4.69) is 212 Å². The molecule has 0 bridgehead atoms. The average Bonchev–Trinajstić information content (AvgIpc) is 4.07. The quantitative estimate of drug-likeness (QED) is 0.168.